The van der Waals surface area contributed by atoms with E-state index >= 15 is 0 Å². The van der Waals surface area contributed by atoms with Crippen LogP contribution in [0.1, 0.15) is 40.9 Å². The minimum absolute atomic E-state index is 0.0332. The normalized spacial score (nSPS) is 10.7. The molecule has 0 aromatic heterocycles. The molecule has 0 fully saturated rings. The van der Waals surface area contributed by atoms with Gasteiger partial charge in [-0.05, 0) is 43.5 Å². The van der Waals surface area contributed by atoms with Gasteiger partial charge in [0.05, 0.1) is 7.11 Å². The van der Waals surface area contributed by atoms with E-state index in [1.54, 1.807) is 7.11 Å². The third kappa shape index (κ3) is 2.11. The summed E-state index contributed by atoms with van der Waals surface area (Å²) in [6.07, 6.45) is 0. The van der Waals surface area contributed by atoms with Crippen molar-refractivity contribution in [2.45, 2.75) is 34.6 Å². The number of methoxy groups -OCH3 is 1. The van der Waals surface area contributed by atoms with E-state index in [0.717, 1.165) is 28.0 Å². The van der Waals surface area contributed by atoms with Gasteiger partial charge in [0.25, 0.3) is 0 Å². The lowest BCUT2D eigenvalue weighted by Gasteiger charge is -2.16. The Kier molecular flexibility index (Phi) is 3.74. The molecule has 0 N–H and O–H groups in total. The molecule has 16 heavy (non-hydrogen) atoms. The third-order valence-electron chi connectivity index (χ3n) is 3.02. The quantitative estimate of drug-likeness (QED) is 0.729. The fraction of sp³-hybridized carbons (Fsp3) is 0.500. The predicted molar refractivity (Wildman–Crippen MR) is 66.4 cm³/mol. The minimum Gasteiger partial charge on any atom is -0.496 e. The van der Waals surface area contributed by atoms with Gasteiger partial charge in [0.2, 0.25) is 0 Å². The second kappa shape index (κ2) is 4.69. The summed E-state index contributed by atoms with van der Waals surface area (Å²) < 4.78 is 5.34. The summed E-state index contributed by atoms with van der Waals surface area (Å²) in [5.74, 6) is 1.12. The van der Waals surface area contributed by atoms with Crippen LogP contribution in [-0.4, -0.2) is 12.9 Å². The molecule has 0 unspecified atom stereocenters. The summed E-state index contributed by atoms with van der Waals surface area (Å²) in [6.45, 7) is 9.81. The van der Waals surface area contributed by atoms with E-state index in [9.17, 15) is 4.79 Å². The molecule has 0 aliphatic rings. The zero-order valence-corrected chi connectivity index (χ0v) is 11.0. The Balaban J connectivity index is 3.40. The number of Topliss-reactive ketones (excluding diaryl/α,β-unsaturated/α-hetero) is 1. The maximum atomic E-state index is 12.0. The smallest absolute Gasteiger partial charge is 0.165 e. The van der Waals surface area contributed by atoms with Crippen molar-refractivity contribution >= 4 is 5.78 Å². The molecule has 1 aromatic rings. The van der Waals surface area contributed by atoms with Gasteiger partial charge in [-0.3, -0.25) is 4.79 Å². The summed E-state index contributed by atoms with van der Waals surface area (Å²) in [5, 5.41) is 0. The Morgan fingerprint density at radius 2 is 1.75 bits per heavy atom. The first-order valence-electron chi connectivity index (χ1n) is 5.59. The molecule has 0 amide bonds. The van der Waals surface area contributed by atoms with Crippen LogP contribution in [0.4, 0.5) is 0 Å². The van der Waals surface area contributed by atoms with Crippen molar-refractivity contribution < 1.29 is 9.53 Å². The van der Waals surface area contributed by atoms with Crippen LogP contribution in [-0.2, 0) is 0 Å². The topological polar surface area (TPSA) is 26.3 Å². The Hall–Kier alpha value is -1.31. The number of carbonyl (C=O) groups excluding carboxylic acids is 1. The van der Waals surface area contributed by atoms with Crippen LogP contribution in [0.25, 0.3) is 0 Å². The molecule has 2 nitrogen and oxygen atoms in total. The van der Waals surface area contributed by atoms with Gasteiger partial charge < -0.3 is 4.74 Å². The largest absolute Gasteiger partial charge is 0.496 e. The van der Waals surface area contributed by atoms with Gasteiger partial charge in [-0.1, -0.05) is 13.8 Å². The predicted octanol–water partition coefficient (Wildman–Crippen LogP) is 3.46. The maximum absolute atomic E-state index is 12.0. The van der Waals surface area contributed by atoms with Crippen molar-refractivity contribution in [3.63, 3.8) is 0 Å². The van der Waals surface area contributed by atoms with Gasteiger partial charge in [-0.25, -0.2) is 0 Å². The molecule has 0 bridgehead atoms. The fourth-order valence-corrected chi connectivity index (χ4v) is 1.94. The first-order chi connectivity index (χ1) is 7.40. The Labute approximate surface area is 97.6 Å². The lowest BCUT2D eigenvalue weighted by molar-refractivity contribution is 0.0938. The molecule has 88 valence electrons. The van der Waals surface area contributed by atoms with E-state index in [1.165, 1.54) is 0 Å². The number of aryl methyl sites for hydroxylation is 1. The number of benzene rings is 1. The van der Waals surface area contributed by atoms with E-state index in [2.05, 4.69) is 0 Å². The molecule has 2 heteroatoms. The number of carbonyl (C=O) groups is 1. The van der Waals surface area contributed by atoms with Gasteiger partial charge in [-0.2, -0.15) is 0 Å². The van der Waals surface area contributed by atoms with Crippen LogP contribution in [0, 0.1) is 26.7 Å². The van der Waals surface area contributed by atoms with Gasteiger partial charge in [-0.15, -0.1) is 0 Å². The highest BCUT2D eigenvalue weighted by atomic mass is 16.5. The van der Waals surface area contributed by atoms with Crippen LogP contribution in [0.5, 0.6) is 5.75 Å². The summed E-state index contributed by atoms with van der Waals surface area (Å²) in [7, 11) is 1.67. The molecule has 0 saturated carbocycles. The van der Waals surface area contributed by atoms with E-state index in [4.69, 9.17) is 4.74 Å². The van der Waals surface area contributed by atoms with Gasteiger partial charge >= 0.3 is 0 Å². The van der Waals surface area contributed by atoms with Gasteiger partial charge in [0.15, 0.2) is 5.78 Å². The number of rotatable bonds is 3. The zero-order valence-electron chi connectivity index (χ0n) is 11.0. The summed E-state index contributed by atoms with van der Waals surface area (Å²) >= 11 is 0. The fourth-order valence-electron chi connectivity index (χ4n) is 1.94. The lowest BCUT2D eigenvalue weighted by atomic mass is 9.92. The first kappa shape index (κ1) is 12.8. The molecular formula is C14H20O2. The number of hydrogen-bond donors (Lipinski definition) is 0. The van der Waals surface area contributed by atoms with E-state index in [0.29, 0.717) is 0 Å². The molecule has 0 heterocycles. The van der Waals surface area contributed by atoms with Crippen LogP contribution < -0.4 is 4.74 Å². The number of ketones is 1. The molecule has 0 aliphatic heterocycles. The van der Waals surface area contributed by atoms with Crippen molar-refractivity contribution in [3.05, 3.63) is 28.3 Å². The van der Waals surface area contributed by atoms with Crippen LogP contribution >= 0.6 is 0 Å². The summed E-state index contributed by atoms with van der Waals surface area (Å²) in [5.41, 5.74) is 3.94. The van der Waals surface area contributed by atoms with Gasteiger partial charge in [0, 0.05) is 11.5 Å². The highest BCUT2D eigenvalue weighted by Gasteiger charge is 2.17. The summed E-state index contributed by atoms with van der Waals surface area (Å²) in [4.78, 5) is 12.0. The molecule has 0 spiro atoms. The Morgan fingerprint density at radius 1 is 1.19 bits per heavy atom. The molecule has 0 aliphatic carbocycles. The summed E-state index contributed by atoms with van der Waals surface area (Å²) in [6, 6.07) is 1.93. The van der Waals surface area contributed by atoms with E-state index < -0.39 is 0 Å². The molecular weight excluding hydrogens is 200 g/mol. The molecule has 1 rings (SSSR count). The highest BCUT2D eigenvalue weighted by molar-refractivity contribution is 5.99. The molecule has 0 atom stereocenters. The lowest BCUT2D eigenvalue weighted by Crippen LogP contribution is -2.11. The molecule has 0 saturated heterocycles. The third-order valence-corrected chi connectivity index (χ3v) is 3.02. The average Bonchev–Trinajstić information content (AvgIpc) is 2.23. The Morgan fingerprint density at radius 3 is 2.19 bits per heavy atom. The van der Waals surface area contributed by atoms with Gasteiger partial charge in [0.1, 0.15) is 5.75 Å². The average molecular weight is 220 g/mol. The zero-order chi connectivity index (χ0) is 12.5. The highest BCUT2D eigenvalue weighted by Crippen LogP contribution is 2.29. The maximum Gasteiger partial charge on any atom is 0.165 e. The van der Waals surface area contributed by atoms with Crippen LogP contribution in [0.15, 0.2) is 6.07 Å². The minimum atomic E-state index is 0.0332. The van der Waals surface area contributed by atoms with Crippen molar-refractivity contribution in [3.8, 4) is 5.75 Å². The first-order valence-corrected chi connectivity index (χ1v) is 5.59. The van der Waals surface area contributed by atoms with Crippen LogP contribution in [0.2, 0.25) is 0 Å². The van der Waals surface area contributed by atoms with E-state index in [-0.39, 0.29) is 11.7 Å². The van der Waals surface area contributed by atoms with Crippen molar-refractivity contribution in [2.75, 3.05) is 7.11 Å². The molecule has 0 radical (unpaired) electrons. The SMILES string of the molecule is COc1c(C)cc(C(=O)C(C)C)c(C)c1C. The van der Waals surface area contributed by atoms with Crippen molar-refractivity contribution in [2.24, 2.45) is 5.92 Å². The monoisotopic (exact) mass is 220 g/mol. The van der Waals surface area contributed by atoms with E-state index in [1.807, 2.05) is 40.7 Å². The van der Waals surface area contributed by atoms with Crippen LogP contribution in [0.3, 0.4) is 0 Å². The van der Waals surface area contributed by atoms with Crippen molar-refractivity contribution in [1.29, 1.82) is 0 Å². The number of ether oxygens (including phenoxy) is 1. The standard InChI is InChI=1S/C14H20O2/c1-8(2)13(15)12-7-9(3)14(16-6)11(5)10(12)4/h7-8H,1-6H3. The van der Waals surface area contributed by atoms with Crippen molar-refractivity contribution in [1.82, 2.24) is 0 Å². The molecule has 1 aromatic carbocycles. The number of hydrogen-bond acceptors (Lipinski definition) is 2. The second-order valence-electron chi connectivity index (χ2n) is 4.54. The second-order valence-corrected chi connectivity index (χ2v) is 4.54. The Bertz CT molecular complexity index is 417.